The Balaban J connectivity index is 2.02. The fourth-order valence-corrected chi connectivity index (χ4v) is 2.42. The smallest absolute Gasteiger partial charge is 0.262 e. The van der Waals surface area contributed by atoms with Crippen LogP contribution in [0.25, 0.3) is 0 Å². The summed E-state index contributed by atoms with van der Waals surface area (Å²) >= 11 is 0. The molecule has 0 saturated carbocycles. The second-order valence-electron chi connectivity index (χ2n) is 5.17. The topological polar surface area (TPSA) is 47.6 Å². The highest BCUT2D eigenvalue weighted by molar-refractivity contribution is 5.93. The summed E-state index contributed by atoms with van der Waals surface area (Å²) in [6.07, 6.45) is 1.75. The molecule has 23 heavy (non-hydrogen) atoms. The Morgan fingerprint density at radius 2 is 1.61 bits per heavy atom. The van der Waals surface area contributed by atoms with Crippen molar-refractivity contribution in [3.63, 3.8) is 0 Å². The lowest BCUT2D eigenvalue weighted by Gasteiger charge is -2.15. The van der Waals surface area contributed by atoms with Crippen LogP contribution in [0.15, 0.2) is 42.5 Å². The van der Waals surface area contributed by atoms with Gasteiger partial charge in [0.05, 0.1) is 7.11 Å². The van der Waals surface area contributed by atoms with E-state index in [-0.39, 0.29) is 12.5 Å². The Morgan fingerprint density at radius 3 is 2.22 bits per heavy atom. The summed E-state index contributed by atoms with van der Waals surface area (Å²) in [5, 5.41) is 2.98. The van der Waals surface area contributed by atoms with Crippen molar-refractivity contribution in [2.24, 2.45) is 0 Å². The molecule has 0 unspecified atom stereocenters. The van der Waals surface area contributed by atoms with Crippen molar-refractivity contribution in [2.75, 3.05) is 19.0 Å². The minimum absolute atomic E-state index is 0.0334. The average Bonchev–Trinajstić information content (AvgIpc) is 2.60. The predicted molar refractivity (Wildman–Crippen MR) is 92.3 cm³/mol. The highest BCUT2D eigenvalue weighted by atomic mass is 16.5. The summed E-state index contributed by atoms with van der Waals surface area (Å²) in [6.45, 7) is 4.13. The predicted octanol–water partition coefficient (Wildman–Crippen LogP) is 3.84. The van der Waals surface area contributed by atoms with E-state index in [9.17, 15) is 4.79 Å². The third-order valence-electron chi connectivity index (χ3n) is 3.67. The van der Waals surface area contributed by atoms with Crippen molar-refractivity contribution in [2.45, 2.75) is 26.7 Å². The molecule has 2 aromatic rings. The molecule has 0 fully saturated rings. The molecule has 0 aliphatic carbocycles. The lowest BCUT2D eigenvalue weighted by molar-refractivity contribution is -0.118. The fraction of sp³-hybridized carbons (Fsp3) is 0.316. The van der Waals surface area contributed by atoms with Crippen LogP contribution in [0, 0.1) is 0 Å². The number of nitrogens with one attached hydrogen (secondary N) is 1. The molecule has 2 rings (SSSR count). The molecule has 0 bridgehead atoms. The Bertz CT molecular complexity index is 645. The molecule has 4 nitrogen and oxygen atoms in total. The minimum atomic E-state index is -0.164. The van der Waals surface area contributed by atoms with Gasteiger partial charge in [-0.3, -0.25) is 4.79 Å². The summed E-state index contributed by atoms with van der Waals surface area (Å²) in [5.41, 5.74) is 3.19. The van der Waals surface area contributed by atoms with E-state index in [1.54, 1.807) is 19.2 Å². The van der Waals surface area contributed by atoms with Crippen molar-refractivity contribution in [3.05, 3.63) is 53.6 Å². The third kappa shape index (κ3) is 4.49. The number of hydrogen-bond donors (Lipinski definition) is 1. The minimum Gasteiger partial charge on any atom is -0.497 e. The number of methoxy groups -OCH3 is 1. The fourth-order valence-electron chi connectivity index (χ4n) is 2.42. The van der Waals surface area contributed by atoms with Gasteiger partial charge in [0.15, 0.2) is 6.61 Å². The quantitative estimate of drug-likeness (QED) is 0.845. The molecule has 0 heterocycles. The largest absolute Gasteiger partial charge is 0.497 e. The average molecular weight is 313 g/mol. The number of carbonyl (C=O) groups is 1. The summed E-state index contributed by atoms with van der Waals surface area (Å²) in [4.78, 5) is 12.2. The van der Waals surface area contributed by atoms with Crippen LogP contribution in [-0.2, 0) is 17.6 Å². The molecular formula is C19H23NO3. The summed E-state index contributed by atoms with van der Waals surface area (Å²) in [7, 11) is 1.60. The molecule has 0 aromatic heterocycles. The lowest BCUT2D eigenvalue weighted by atomic mass is 10.0. The van der Waals surface area contributed by atoms with E-state index in [1.165, 1.54) is 0 Å². The van der Waals surface area contributed by atoms with Crippen molar-refractivity contribution < 1.29 is 14.3 Å². The van der Waals surface area contributed by atoms with Crippen LogP contribution in [0.4, 0.5) is 5.69 Å². The first-order valence-electron chi connectivity index (χ1n) is 7.85. The first kappa shape index (κ1) is 16.9. The molecule has 1 N–H and O–H groups in total. The molecule has 2 aromatic carbocycles. The number of para-hydroxylation sites is 1. The Morgan fingerprint density at radius 1 is 1.00 bits per heavy atom. The maximum absolute atomic E-state index is 12.2. The molecule has 0 aliphatic heterocycles. The van der Waals surface area contributed by atoms with Gasteiger partial charge in [-0.2, -0.15) is 0 Å². The maximum Gasteiger partial charge on any atom is 0.262 e. The monoisotopic (exact) mass is 313 g/mol. The Kier molecular flexibility index (Phi) is 6.03. The molecule has 0 atom stereocenters. The second kappa shape index (κ2) is 8.22. The van der Waals surface area contributed by atoms with Crippen LogP contribution >= 0.6 is 0 Å². The van der Waals surface area contributed by atoms with E-state index < -0.39 is 0 Å². The first-order chi connectivity index (χ1) is 11.2. The van der Waals surface area contributed by atoms with Gasteiger partial charge in [-0.25, -0.2) is 0 Å². The van der Waals surface area contributed by atoms with Crippen molar-refractivity contribution in [1.29, 1.82) is 0 Å². The molecule has 0 radical (unpaired) electrons. The van der Waals surface area contributed by atoms with E-state index in [1.807, 2.05) is 30.3 Å². The van der Waals surface area contributed by atoms with E-state index >= 15 is 0 Å². The van der Waals surface area contributed by atoms with Crippen molar-refractivity contribution in [1.82, 2.24) is 0 Å². The van der Waals surface area contributed by atoms with Crippen LogP contribution in [-0.4, -0.2) is 19.6 Å². The van der Waals surface area contributed by atoms with Gasteiger partial charge in [-0.05, 0) is 36.1 Å². The van der Waals surface area contributed by atoms with Gasteiger partial charge in [0.2, 0.25) is 0 Å². The van der Waals surface area contributed by atoms with E-state index in [0.717, 1.165) is 29.7 Å². The van der Waals surface area contributed by atoms with Crippen LogP contribution in [0.1, 0.15) is 25.0 Å². The molecule has 1 amide bonds. The van der Waals surface area contributed by atoms with Gasteiger partial charge in [0.25, 0.3) is 5.91 Å². The van der Waals surface area contributed by atoms with E-state index in [0.29, 0.717) is 11.5 Å². The normalized spacial score (nSPS) is 10.2. The van der Waals surface area contributed by atoms with E-state index in [4.69, 9.17) is 9.47 Å². The number of anilines is 1. The summed E-state index contributed by atoms with van der Waals surface area (Å²) < 4.78 is 10.7. The lowest BCUT2D eigenvalue weighted by Crippen LogP contribution is -2.21. The summed E-state index contributed by atoms with van der Waals surface area (Å²) in [5.74, 6) is 1.15. The Labute approximate surface area is 137 Å². The second-order valence-corrected chi connectivity index (χ2v) is 5.17. The number of ether oxygens (including phenoxy) is 2. The number of benzene rings is 2. The number of amides is 1. The van der Waals surface area contributed by atoms with Crippen LogP contribution < -0.4 is 14.8 Å². The SMILES string of the molecule is CCc1cccc(CC)c1NC(=O)COc1cccc(OC)c1. The van der Waals surface area contributed by atoms with Gasteiger partial charge < -0.3 is 14.8 Å². The number of rotatable bonds is 7. The van der Waals surface area contributed by atoms with Gasteiger partial charge in [0, 0.05) is 11.8 Å². The van der Waals surface area contributed by atoms with Gasteiger partial charge in [-0.15, -0.1) is 0 Å². The van der Waals surface area contributed by atoms with Gasteiger partial charge >= 0.3 is 0 Å². The summed E-state index contributed by atoms with van der Waals surface area (Å²) in [6, 6.07) is 13.3. The van der Waals surface area contributed by atoms with Gasteiger partial charge in [-0.1, -0.05) is 38.1 Å². The molecule has 0 spiro atoms. The molecular weight excluding hydrogens is 290 g/mol. The molecule has 122 valence electrons. The number of hydrogen-bond acceptors (Lipinski definition) is 3. The number of aryl methyl sites for hydroxylation is 2. The van der Waals surface area contributed by atoms with Crippen molar-refractivity contribution in [3.8, 4) is 11.5 Å². The highest BCUT2D eigenvalue weighted by Gasteiger charge is 2.10. The molecule has 0 saturated heterocycles. The van der Waals surface area contributed by atoms with Crippen LogP contribution in [0.2, 0.25) is 0 Å². The standard InChI is InChI=1S/C19H23NO3/c1-4-14-8-6-9-15(5-2)19(14)20-18(21)13-23-17-11-7-10-16(12-17)22-3/h6-12H,4-5,13H2,1-3H3,(H,20,21). The number of carbonyl (C=O) groups excluding carboxylic acids is 1. The molecule has 0 aliphatic rings. The zero-order chi connectivity index (χ0) is 16.7. The third-order valence-corrected chi connectivity index (χ3v) is 3.67. The maximum atomic E-state index is 12.2. The first-order valence-corrected chi connectivity index (χ1v) is 7.85. The van der Waals surface area contributed by atoms with Crippen LogP contribution in [0.5, 0.6) is 11.5 Å². The van der Waals surface area contributed by atoms with Crippen molar-refractivity contribution >= 4 is 11.6 Å². The Hall–Kier alpha value is -2.49. The zero-order valence-electron chi connectivity index (χ0n) is 13.9. The van der Waals surface area contributed by atoms with E-state index in [2.05, 4.69) is 19.2 Å². The highest BCUT2D eigenvalue weighted by Crippen LogP contribution is 2.23. The molecule has 4 heteroatoms. The zero-order valence-corrected chi connectivity index (χ0v) is 13.9. The van der Waals surface area contributed by atoms with Gasteiger partial charge in [0.1, 0.15) is 11.5 Å². The van der Waals surface area contributed by atoms with Crippen LogP contribution in [0.3, 0.4) is 0 Å².